The van der Waals surface area contributed by atoms with E-state index < -0.39 is 0 Å². The van der Waals surface area contributed by atoms with Crippen LogP contribution in [0.3, 0.4) is 0 Å². The lowest BCUT2D eigenvalue weighted by molar-refractivity contribution is 0.0993. The minimum atomic E-state index is 0.0658. The van der Waals surface area contributed by atoms with E-state index in [0.29, 0.717) is 12.0 Å². The molecule has 0 radical (unpaired) electrons. The van der Waals surface area contributed by atoms with Crippen molar-refractivity contribution in [3.05, 3.63) is 48.0 Å². The van der Waals surface area contributed by atoms with Gasteiger partial charge in [-0.3, -0.25) is 14.5 Å². The van der Waals surface area contributed by atoms with Crippen molar-refractivity contribution >= 4 is 5.78 Å². The van der Waals surface area contributed by atoms with Crippen LogP contribution in [0.5, 0.6) is 0 Å². The zero-order valence-corrected chi connectivity index (χ0v) is 8.42. The number of rotatable bonds is 3. The molecule has 0 spiro atoms. The van der Waals surface area contributed by atoms with Crippen molar-refractivity contribution in [2.45, 2.75) is 6.42 Å². The first kappa shape index (κ1) is 9.58. The van der Waals surface area contributed by atoms with E-state index in [1.807, 2.05) is 12.1 Å². The average Bonchev–Trinajstić information content (AvgIpc) is 2.66. The van der Waals surface area contributed by atoms with E-state index in [4.69, 9.17) is 0 Å². The van der Waals surface area contributed by atoms with Gasteiger partial charge in [0.15, 0.2) is 5.78 Å². The monoisotopic (exact) mass is 201 g/mol. The highest BCUT2D eigenvalue weighted by Crippen LogP contribution is 2.05. The van der Waals surface area contributed by atoms with Gasteiger partial charge in [-0.1, -0.05) is 6.07 Å². The molecule has 0 atom stereocenters. The fraction of sp³-hybridized carbons (Fsp3) is 0.182. The molecule has 0 saturated carbocycles. The zero-order valence-electron chi connectivity index (χ0n) is 8.42. The Balaban J connectivity index is 2.11. The van der Waals surface area contributed by atoms with Gasteiger partial charge in [-0.25, -0.2) is 0 Å². The third kappa shape index (κ3) is 2.28. The quantitative estimate of drug-likeness (QED) is 0.702. The lowest BCUT2D eigenvalue weighted by atomic mass is 10.1. The molecule has 0 N–H and O–H groups in total. The Morgan fingerprint density at radius 2 is 2.33 bits per heavy atom. The summed E-state index contributed by atoms with van der Waals surface area (Å²) in [6, 6.07) is 3.72. The van der Waals surface area contributed by atoms with E-state index in [9.17, 15) is 4.79 Å². The largest absolute Gasteiger partial charge is 0.294 e. The van der Waals surface area contributed by atoms with Crippen LogP contribution in [0, 0.1) is 0 Å². The van der Waals surface area contributed by atoms with Crippen molar-refractivity contribution in [2.24, 2.45) is 7.05 Å². The summed E-state index contributed by atoms with van der Waals surface area (Å²) in [4.78, 5) is 15.7. The maximum atomic E-state index is 11.7. The highest BCUT2D eigenvalue weighted by molar-refractivity contribution is 5.96. The van der Waals surface area contributed by atoms with Crippen LogP contribution >= 0.6 is 0 Å². The number of Topliss-reactive ketones (excluding diaryl/α,β-unsaturated/α-hetero) is 1. The van der Waals surface area contributed by atoms with Crippen LogP contribution < -0.4 is 0 Å². The standard InChI is InChI=1S/C11H11N3O/c1-14-8-10(7-13-14)11(15)5-9-3-2-4-12-6-9/h2-4,6-8H,5H2,1H3. The van der Waals surface area contributed by atoms with Gasteiger partial charge >= 0.3 is 0 Å². The summed E-state index contributed by atoms with van der Waals surface area (Å²) in [5.74, 6) is 0.0658. The van der Waals surface area contributed by atoms with E-state index in [-0.39, 0.29) is 5.78 Å². The number of ketones is 1. The van der Waals surface area contributed by atoms with Gasteiger partial charge in [0.1, 0.15) is 0 Å². The van der Waals surface area contributed by atoms with E-state index in [1.54, 1.807) is 36.5 Å². The maximum Gasteiger partial charge on any atom is 0.170 e. The molecule has 0 bridgehead atoms. The highest BCUT2D eigenvalue weighted by atomic mass is 16.1. The minimum Gasteiger partial charge on any atom is -0.294 e. The Bertz CT molecular complexity index is 462. The van der Waals surface area contributed by atoms with Crippen molar-refractivity contribution in [3.8, 4) is 0 Å². The summed E-state index contributed by atoms with van der Waals surface area (Å²) in [5.41, 5.74) is 1.56. The van der Waals surface area contributed by atoms with Gasteiger partial charge in [-0.05, 0) is 11.6 Å². The van der Waals surface area contributed by atoms with Gasteiger partial charge in [0.2, 0.25) is 0 Å². The Hall–Kier alpha value is -1.97. The summed E-state index contributed by atoms with van der Waals surface area (Å²) in [6.07, 6.45) is 7.07. The smallest absolute Gasteiger partial charge is 0.170 e. The van der Waals surface area contributed by atoms with Crippen molar-refractivity contribution in [1.29, 1.82) is 0 Å². The van der Waals surface area contributed by atoms with E-state index in [2.05, 4.69) is 10.1 Å². The lowest BCUT2D eigenvalue weighted by Crippen LogP contribution is -2.02. The zero-order chi connectivity index (χ0) is 10.7. The van der Waals surface area contributed by atoms with E-state index >= 15 is 0 Å². The average molecular weight is 201 g/mol. The summed E-state index contributed by atoms with van der Waals surface area (Å²) in [5, 5.41) is 3.96. The molecule has 0 saturated heterocycles. The predicted octanol–water partition coefficient (Wildman–Crippen LogP) is 1.24. The maximum absolute atomic E-state index is 11.7. The Morgan fingerprint density at radius 3 is 2.93 bits per heavy atom. The number of nitrogens with zero attached hydrogens (tertiary/aromatic N) is 3. The topological polar surface area (TPSA) is 47.8 Å². The highest BCUT2D eigenvalue weighted by Gasteiger charge is 2.08. The second-order valence-corrected chi connectivity index (χ2v) is 3.36. The fourth-order valence-electron chi connectivity index (χ4n) is 1.36. The van der Waals surface area contributed by atoms with Crippen molar-refractivity contribution in [1.82, 2.24) is 14.8 Å². The molecule has 0 aliphatic rings. The summed E-state index contributed by atoms with van der Waals surface area (Å²) < 4.78 is 1.62. The predicted molar refractivity (Wildman–Crippen MR) is 55.5 cm³/mol. The number of pyridine rings is 1. The molecule has 2 aromatic rings. The Morgan fingerprint density at radius 1 is 1.47 bits per heavy atom. The molecule has 0 aliphatic heterocycles. The molecule has 4 nitrogen and oxygen atoms in total. The Labute approximate surface area is 87.6 Å². The molecule has 0 aromatic carbocycles. The number of carbonyl (C=O) groups excluding carboxylic acids is 1. The van der Waals surface area contributed by atoms with Crippen LogP contribution in [0.2, 0.25) is 0 Å². The van der Waals surface area contributed by atoms with Crippen molar-refractivity contribution < 1.29 is 4.79 Å². The number of hydrogen-bond donors (Lipinski definition) is 0. The summed E-state index contributed by atoms with van der Waals surface area (Å²) >= 11 is 0. The molecule has 0 unspecified atom stereocenters. The number of hydrogen-bond acceptors (Lipinski definition) is 3. The molecular formula is C11H11N3O. The summed E-state index contributed by atoms with van der Waals surface area (Å²) in [6.45, 7) is 0. The fourth-order valence-corrected chi connectivity index (χ4v) is 1.36. The van der Waals surface area contributed by atoms with Gasteiger partial charge < -0.3 is 0 Å². The molecule has 76 valence electrons. The molecule has 0 amide bonds. The molecular weight excluding hydrogens is 190 g/mol. The first-order chi connectivity index (χ1) is 7.25. The first-order valence-electron chi connectivity index (χ1n) is 4.66. The number of aromatic nitrogens is 3. The van der Waals surface area contributed by atoms with Crippen molar-refractivity contribution in [2.75, 3.05) is 0 Å². The molecule has 2 heterocycles. The normalized spacial score (nSPS) is 10.2. The van der Waals surface area contributed by atoms with Crippen molar-refractivity contribution in [3.63, 3.8) is 0 Å². The summed E-state index contributed by atoms with van der Waals surface area (Å²) in [7, 11) is 1.79. The van der Waals surface area contributed by atoms with Crippen LogP contribution in [0.15, 0.2) is 36.9 Å². The second kappa shape index (κ2) is 4.04. The van der Waals surface area contributed by atoms with Crippen LogP contribution in [0.4, 0.5) is 0 Å². The minimum absolute atomic E-state index is 0.0658. The second-order valence-electron chi connectivity index (χ2n) is 3.36. The number of aryl methyl sites for hydroxylation is 1. The third-order valence-corrected chi connectivity index (χ3v) is 2.11. The Kier molecular flexibility index (Phi) is 2.58. The van der Waals surface area contributed by atoms with Gasteiger partial charge in [0, 0.05) is 32.1 Å². The van der Waals surface area contributed by atoms with Crippen LogP contribution in [0.1, 0.15) is 15.9 Å². The van der Waals surface area contributed by atoms with E-state index in [1.165, 1.54) is 0 Å². The lowest BCUT2D eigenvalue weighted by Gasteiger charge is -1.97. The number of carbonyl (C=O) groups is 1. The van der Waals surface area contributed by atoms with Gasteiger partial charge in [0.25, 0.3) is 0 Å². The molecule has 0 aliphatic carbocycles. The van der Waals surface area contributed by atoms with Crippen LogP contribution in [0.25, 0.3) is 0 Å². The SMILES string of the molecule is Cn1cc(C(=O)Cc2cccnc2)cn1. The van der Waals surface area contributed by atoms with Crippen LogP contribution in [-0.4, -0.2) is 20.5 Å². The first-order valence-corrected chi connectivity index (χ1v) is 4.66. The van der Waals surface area contributed by atoms with Gasteiger partial charge in [-0.2, -0.15) is 5.10 Å². The molecule has 2 rings (SSSR count). The molecule has 2 aromatic heterocycles. The van der Waals surface area contributed by atoms with E-state index in [0.717, 1.165) is 5.56 Å². The van der Waals surface area contributed by atoms with Gasteiger partial charge in [-0.15, -0.1) is 0 Å². The third-order valence-electron chi connectivity index (χ3n) is 2.11. The molecule has 15 heavy (non-hydrogen) atoms. The molecule has 4 heteroatoms. The van der Waals surface area contributed by atoms with Crippen LogP contribution in [-0.2, 0) is 13.5 Å². The van der Waals surface area contributed by atoms with Gasteiger partial charge in [0.05, 0.1) is 11.8 Å². The molecule has 0 fully saturated rings.